The first-order valence-electron chi connectivity index (χ1n) is 10.4. The van der Waals surface area contributed by atoms with Crippen molar-refractivity contribution in [3.63, 3.8) is 0 Å². The molecule has 0 aliphatic carbocycles. The molecule has 1 unspecified atom stereocenters. The van der Waals surface area contributed by atoms with Crippen LogP contribution in [0.15, 0.2) is 51.6 Å². The summed E-state index contributed by atoms with van der Waals surface area (Å²) in [5.41, 5.74) is 7.18. The van der Waals surface area contributed by atoms with Crippen LogP contribution in [0.3, 0.4) is 0 Å². The largest absolute Gasteiger partial charge is 0.462 e. The van der Waals surface area contributed by atoms with Crippen molar-refractivity contribution in [1.29, 1.82) is 0 Å². The number of carbonyl (C=O) groups excluding carboxylic acids is 3. The number of hydrogen-bond donors (Lipinski definition) is 2. The van der Waals surface area contributed by atoms with Crippen LogP contribution in [-0.4, -0.2) is 47.0 Å². The number of hydrogen-bond acceptors (Lipinski definition) is 7. The molecule has 0 saturated heterocycles. The summed E-state index contributed by atoms with van der Waals surface area (Å²) < 4.78 is 11.0. The van der Waals surface area contributed by atoms with Gasteiger partial charge in [-0.2, -0.15) is 0 Å². The number of carbonyl (C=O) groups is 3. The maximum Gasteiger partial charge on any atom is 0.339 e. The normalized spacial score (nSPS) is 16.5. The SMILES string of the molecule is CCCOC(=O)c1cc(-c2ccc(/C=C3/C(=O)N(CC(C)O)C(=O)C(N)=C3C)o2)ccc1Cl. The topological polar surface area (TPSA) is 123 Å². The van der Waals surface area contributed by atoms with Gasteiger partial charge in [-0.05, 0) is 62.2 Å². The maximum absolute atomic E-state index is 12.9. The molecule has 3 rings (SSSR count). The summed E-state index contributed by atoms with van der Waals surface area (Å²) in [7, 11) is 0. The molecule has 0 spiro atoms. The minimum atomic E-state index is -0.899. The van der Waals surface area contributed by atoms with E-state index in [0.717, 1.165) is 4.90 Å². The van der Waals surface area contributed by atoms with Crippen LogP contribution in [0.5, 0.6) is 0 Å². The number of nitrogens with two attached hydrogens (primary N) is 1. The van der Waals surface area contributed by atoms with Gasteiger partial charge in [0, 0.05) is 11.1 Å². The number of amides is 2. The summed E-state index contributed by atoms with van der Waals surface area (Å²) >= 11 is 6.15. The summed E-state index contributed by atoms with van der Waals surface area (Å²) in [6.45, 7) is 5.06. The van der Waals surface area contributed by atoms with Gasteiger partial charge in [0.05, 0.1) is 29.8 Å². The summed E-state index contributed by atoms with van der Waals surface area (Å²) in [5, 5.41) is 9.91. The van der Waals surface area contributed by atoms with Crippen molar-refractivity contribution in [3.05, 3.63) is 63.5 Å². The molecule has 0 fully saturated rings. The molecule has 1 aromatic heterocycles. The van der Waals surface area contributed by atoms with E-state index < -0.39 is 23.9 Å². The number of ether oxygens (including phenoxy) is 1. The third-order valence-electron chi connectivity index (χ3n) is 5.03. The molecule has 174 valence electrons. The van der Waals surface area contributed by atoms with Crippen molar-refractivity contribution in [3.8, 4) is 11.3 Å². The highest BCUT2D eigenvalue weighted by Gasteiger charge is 2.34. The van der Waals surface area contributed by atoms with E-state index in [2.05, 4.69) is 0 Å². The zero-order valence-electron chi connectivity index (χ0n) is 18.6. The van der Waals surface area contributed by atoms with Crippen molar-refractivity contribution < 1.29 is 28.6 Å². The number of imide groups is 1. The smallest absolute Gasteiger partial charge is 0.339 e. The van der Waals surface area contributed by atoms with Gasteiger partial charge in [-0.3, -0.25) is 14.5 Å². The van der Waals surface area contributed by atoms with Crippen LogP contribution in [0.1, 0.15) is 43.3 Å². The molecule has 0 saturated carbocycles. The molecule has 1 aliphatic heterocycles. The van der Waals surface area contributed by atoms with Crippen LogP contribution >= 0.6 is 11.6 Å². The first-order valence-corrected chi connectivity index (χ1v) is 10.8. The van der Waals surface area contributed by atoms with E-state index in [1.165, 1.54) is 13.0 Å². The number of aliphatic hydroxyl groups excluding tert-OH is 1. The van der Waals surface area contributed by atoms with Crippen LogP contribution in [-0.2, 0) is 14.3 Å². The zero-order chi connectivity index (χ0) is 24.3. The van der Waals surface area contributed by atoms with Crippen LogP contribution in [0, 0.1) is 0 Å². The maximum atomic E-state index is 12.9. The van der Waals surface area contributed by atoms with Crippen molar-refractivity contribution in [1.82, 2.24) is 4.90 Å². The lowest BCUT2D eigenvalue weighted by Gasteiger charge is -2.28. The van der Waals surface area contributed by atoms with Crippen molar-refractivity contribution in [2.45, 2.75) is 33.3 Å². The van der Waals surface area contributed by atoms with Crippen LogP contribution in [0.4, 0.5) is 0 Å². The molecule has 2 heterocycles. The molecule has 2 aromatic rings. The Morgan fingerprint density at radius 2 is 2.00 bits per heavy atom. The molecule has 1 aromatic carbocycles. The molecule has 9 heteroatoms. The molecule has 0 bridgehead atoms. The lowest BCUT2D eigenvalue weighted by atomic mass is 9.98. The number of rotatable bonds is 7. The first kappa shape index (κ1) is 24.3. The molecule has 1 aliphatic rings. The Balaban J connectivity index is 1.94. The molecule has 3 N–H and O–H groups in total. The Kier molecular flexibility index (Phi) is 7.40. The Labute approximate surface area is 196 Å². The second kappa shape index (κ2) is 10.1. The highest BCUT2D eigenvalue weighted by Crippen LogP contribution is 2.30. The highest BCUT2D eigenvalue weighted by atomic mass is 35.5. The summed E-state index contributed by atoms with van der Waals surface area (Å²) in [6.07, 6.45) is 1.28. The molecule has 1 atom stereocenters. The number of nitrogens with zero attached hydrogens (tertiary/aromatic N) is 1. The lowest BCUT2D eigenvalue weighted by molar-refractivity contribution is -0.142. The van der Waals surface area contributed by atoms with E-state index in [0.29, 0.717) is 29.1 Å². The van der Waals surface area contributed by atoms with Gasteiger partial charge in [0.15, 0.2) is 0 Å². The van der Waals surface area contributed by atoms with Crippen molar-refractivity contribution in [2.75, 3.05) is 13.2 Å². The molecule has 2 amide bonds. The van der Waals surface area contributed by atoms with E-state index in [9.17, 15) is 19.5 Å². The van der Waals surface area contributed by atoms with Gasteiger partial charge in [-0.1, -0.05) is 18.5 Å². The van der Waals surface area contributed by atoms with Crippen LogP contribution < -0.4 is 5.73 Å². The average Bonchev–Trinajstić information content (AvgIpc) is 3.25. The Bertz CT molecular complexity index is 1160. The predicted molar refractivity (Wildman–Crippen MR) is 123 cm³/mol. The van der Waals surface area contributed by atoms with Crippen LogP contribution in [0.25, 0.3) is 17.4 Å². The minimum absolute atomic E-state index is 0.0683. The molecule has 8 nitrogen and oxygen atoms in total. The number of halogens is 1. The Hall–Kier alpha value is -3.36. The molecular weight excluding hydrogens is 448 g/mol. The second-order valence-electron chi connectivity index (χ2n) is 7.70. The van der Waals surface area contributed by atoms with E-state index >= 15 is 0 Å². The average molecular weight is 473 g/mol. The van der Waals surface area contributed by atoms with E-state index in [-0.39, 0.29) is 35.0 Å². The summed E-state index contributed by atoms with van der Waals surface area (Å²) in [4.78, 5) is 38.4. The van der Waals surface area contributed by atoms with Crippen molar-refractivity contribution in [2.24, 2.45) is 5.73 Å². The highest BCUT2D eigenvalue weighted by molar-refractivity contribution is 6.33. The third kappa shape index (κ3) is 5.18. The summed E-state index contributed by atoms with van der Waals surface area (Å²) in [5.74, 6) is -0.948. The fourth-order valence-electron chi connectivity index (χ4n) is 3.28. The molecule has 0 radical (unpaired) electrons. The number of β-amino-alcohol motifs (C(OH)–C–C–N with tert-alkyl or cyclic N) is 1. The fourth-order valence-corrected chi connectivity index (χ4v) is 3.48. The second-order valence-corrected chi connectivity index (χ2v) is 8.11. The van der Waals surface area contributed by atoms with Gasteiger partial charge in [-0.15, -0.1) is 0 Å². The monoisotopic (exact) mass is 472 g/mol. The zero-order valence-corrected chi connectivity index (χ0v) is 19.3. The van der Waals surface area contributed by atoms with E-state index in [1.54, 1.807) is 37.3 Å². The minimum Gasteiger partial charge on any atom is -0.462 e. The molecular formula is C24H25ClN2O6. The Morgan fingerprint density at radius 3 is 2.67 bits per heavy atom. The van der Waals surface area contributed by atoms with Gasteiger partial charge in [0.1, 0.15) is 17.2 Å². The van der Waals surface area contributed by atoms with Gasteiger partial charge >= 0.3 is 5.97 Å². The summed E-state index contributed by atoms with van der Waals surface area (Å²) in [6, 6.07) is 8.20. The standard InChI is InChI=1S/C24H25ClN2O6/c1-4-9-32-24(31)18-10-15(5-7-19(18)25)20-8-6-16(33-20)11-17-14(3)21(26)23(30)27(22(17)29)12-13(2)28/h5-8,10-11,13,28H,4,9,12,26H2,1-3H3/b17-11+. The Morgan fingerprint density at radius 1 is 1.27 bits per heavy atom. The number of furan rings is 1. The lowest BCUT2D eigenvalue weighted by Crippen LogP contribution is -2.47. The number of benzene rings is 1. The van der Waals surface area contributed by atoms with E-state index in [1.807, 2.05) is 6.92 Å². The third-order valence-corrected chi connectivity index (χ3v) is 5.36. The van der Waals surface area contributed by atoms with Gasteiger partial charge in [0.25, 0.3) is 11.8 Å². The number of esters is 1. The van der Waals surface area contributed by atoms with Gasteiger partial charge in [0.2, 0.25) is 0 Å². The van der Waals surface area contributed by atoms with E-state index in [4.69, 9.17) is 26.5 Å². The number of aliphatic hydroxyl groups is 1. The van der Waals surface area contributed by atoms with Gasteiger partial charge in [-0.25, -0.2) is 4.79 Å². The predicted octanol–water partition coefficient (Wildman–Crippen LogP) is 3.53. The van der Waals surface area contributed by atoms with Crippen molar-refractivity contribution >= 4 is 35.5 Å². The van der Waals surface area contributed by atoms with Crippen LogP contribution in [0.2, 0.25) is 5.02 Å². The fraction of sp³-hybridized carbons (Fsp3) is 0.292. The first-order chi connectivity index (χ1) is 15.6. The quantitative estimate of drug-likeness (QED) is 0.359. The molecule has 33 heavy (non-hydrogen) atoms. The van der Waals surface area contributed by atoms with Gasteiger partial charge < -0.3 is 20.0 Å².